The molecule has 24 heavy (non-hydrogen) atoms. The molecule has 6 heteroatoms. The first-order valence-electron chi connectivity index (χ1n) is 7.35. The molecule has 0 aliphatic rings. The van der Waals surface area contributed by atoms with E-state index in [2.05, 4.69) is 20.8 Å². The Hall–Kier alpha value is -2.92. The Bertz CT molecular complexity index is 865. The van der Waals surface area contributed by atoms with Crippen molar-refractivity contribution < 1.29 is 4.79 Å². The van der Waals surface area contributed by atoms with E-state index in [1.807, 2.05) is 31.2 Å². The van der Waals surface area contributed by atoms with Crippen LogP contribution in [0.5, 0.6) is 0 Å². The van der Waals surface area contributed by atoms with Gasteiger partial charge in [-0.05, 0) is 48.9 Å². The first-order chi connectivity index (χ1) is 11.6. The van der Waals surface area contributed by atoms with Crippen LogP contribution in [0.2, 0.25) is 5.02 Å². The monoisotopic (exact) mass is 338 g/mol. The standard InChI is InChI=1S/C18H15ClN4O/c1-12-5-2-3-8-15(12)20-16-9-10-17(23-22-16)21-18(24)13-6-4-7-14(19)11-13/h2-11H,1H3,(H,20,22)(H,21,23,24). The van der Waals surface area contributed by atoms with Gasteiger partial charge < -0.3 is 10.6 Å². The minimum atomic E-state index is -0.286. The fourth-order valence-corrected chi connectivity index (χ4v) is 2.33. The fraction of sp³-hybridized carbons (Fsp3) is 0.0556. The lowest BCUT2D eigenvalue weighted by Crippen LogP contribution is -2.13. The molecular formula is C18H15ClN4O. The Kier molecular flexibility index (Phi) is 4.72. The highest BCUT2D eigenvalue weighted by Gasteiger charge is 2.08. The number of benzene rings is 2. The van der Waals surface area contributed by atoms with E-state index in [4.69, 9.17) is 11.6 Å². The molecule has 3 rings (SSSR count). The van der Waals surface area contributed by atoms with Crippen molar-refractivity contribution in [1.29, 1.82) is 0 Å². The number of aryl methyl sites for hydroxylation is 1. The average Bonchev–Trinajstić information content (AvgIpc) is 2.58. The second kappa shape index (κ2) is 7.10. The van der Waals surface area contributed by atoms with Crippen LogP contribution < -0.4 is 10.6 Å². The zero-order chi connectivity index (χ0) is 16.9. The molecule has 0 saturated heterocycles. The van der Waals surface area contributed by atoms with Crippen molar-refractivity contribution in [3.05, 3.63) is 76.8 Å². The van der Waals surface area contributed by atoms with Crippen molar-refractivity contribution in [3.63, 3.8) is 0 Å². The summed E-state index contributed by atoms with van der Waals surface area (Å²) in [4.78, 5) is 12.1. The number of nitrogens with zero attached hydrogens (tertiary/aromatic N) is 2. The number of hydrogen-bond acceptors (Lipinski definition) is 4. The maximum Gasteiger partial charge on any atom is 0.256 e. The average molecular weight is 339 g/mol. The van der Waals surface area contributed by atoms with Crippen LogP contribution in [0.1, 0.15) is 15.9 Å². The molecule has 1 amide bonds. The van der Waals surface area contributed by atoms with Crippen molar-refractivity contribution >= 4 is 34.8 Å². The molecule has 0 atom stereocenters. The second-order valence-electron chi connectivity index (χ2n) is 5.21. The Morgan fingerprint density at radius 1 is 0.958 bits per heavy atom. The zero-order valence-electron chi connectivity index (χ0n) is 13.0. The number of aromatic nitrogens is 2. The third-order valence-electron chi connectivity index (χ3n) is 3.40. The molecule has 1 aromatic heterocycles. The molecule has 0 aliphatic heterocycles. The molecule has 0 unspecified atom stereocenters. The van der Waals surface area contributed by atoms with E-state index in [0.29, 0.717) is 22.2 Å². The normalized spacial score (nSPS) is 10.2. The Labute approximate surface area is 144 Å². The summed E-state index contributed by atoms with van der Waals surface area (Å²) in [6, 6.07) is 18.1. The van der Waals surface area contributed by atoms with E-state index in [-0.39, 0.29) is 5.91 Å². The Morgan fingerprint density at radius 2 is 1.71 bits per heavy atom. The Morgan fingerprint density at radius 3 is 2.42 bits per heavy atom. The minimum Gasteiger partial charge on any atom is -0.339 e. The van der Waals surface area contributed by atoms with Gasteiger partial charge in [0.15, 0.2) is 11.6 Å². The van der Waals surface area contributed by atoms with Crippen molar-refractivity contribution in [2.45, 2.75) is 6.92 Å². The number of anilines is 3. The lowest BCUT2D eigenvalue weighted by Gasteiger charge is -2.09. The van der Waals surface area contributed by atoms with Crippen LogP contribution in [0, 0.1) is 6.92 Å². The molecule has 2 aromatic carbocycles. The lowest BCUT2D eigenvalue weighted by atomic mass is 10.2. The van der Waals surface area contributed by atoms with Crippen LogP contribution in [0.25, 0.3) is 0 Å². The number of halogens is 1. The van der Waals surface area contributed by atoms with E-state index in [9.17, 15) is 4.79 Å². The third-order valence-corrected chi connectivity index (χ3v) is 3.64. The highest BCUT2D eigenvalue weighted by Crippen LogP contribution is 2.19. The van der Waals surface area contributed by atoms with Crippen molar-refractivity contribution in [2.24, 2.45) is 0 Å². The first-order valence-corrected chi connectivity index (χ1v) is 7.73. The van der Waals surface area contributed by atoms with Gasteiger partial charge in [0.1, 0.15) is 0 Å². The predicted octanol–water partition coefficient (Wildman–Crippen LogP) is 4.43. The number of nitrogens with one attached hydrogen (secondary N) is 2. The number of para-hydroxylation sites is 1. The third kappa shape index (κ3) is 3.88. The molecule has 0 fully saturated rings. The fourth-order valence-electron chi connectivity index (χ4n) is 2.13. The van der Waals surface area contributed by atoms with Crippen LogP contribution in [-0.4, -0.2) is 16.1 Å². The van der Waals surface area contributed by atoms with Gasteiger partial charge in [0.2, 0.25) is 0 Å². The second-order valence-corrected chi connectivity index (χ2v) is 5.64. The molecule has 3 aromatic rings. The quantitative estimate of drug-likeness (QED) is 0.738. The highest BCUT2D eigenvalue weighted by atomic mass is 35.5. The largest absolute Gasteiger partial charge is 0.339 e. The minimum absolute atomic E-state index is 0.286. The summed E-state index contributed by atoms with van der Waals surface area (Å²) in [6.07, 6.45) is 0. The summed E-state index contributed by atoms with van der Waals surface area (Å²) in [6.45, 7) is 2.01. The summed E-state index contributed by atoms with van der Waals surface area (Å²) >= 11 is 5.89. The van der Waals surface area contributed by atoms with Gasteiger partial charge in [0.05, 0.1) is 0 Å². The van der Waals surface area contributed by atoms with Gasteiger partial charge in [0, 0.05) is 16.3 Å². The number of rotatable bonds is 4. The number of carbonyl (C=O) groups is 1. The lowest BCUT2D eigenvalue weighted by molar-refractivity contribution is 0.102. The van der Waals surface area contributed by atoms with Gasteiger partial charge in [-0.15, -0.1) is 10.2 Å². The topological polar surface area (TPSA) is 66.9 Å². The van der Waals surface area contributed by atoms with Crippen LogP contribution in [-0.2, 0) is 0 Å². The van der Waals surface area contributed by atoms with Crippen LogP contribution in [0.4, 0.5) is 17.3 Å². The summed E-state index contributed by atoms with van der Waals surface area (Å²) in [5.74, 6) is 0.687. The molecule has 2 N–H and O–H groups in total. The molecular weight excluding hydrogens is 324 g/mol. The van der Waals surface area contributed by atoms with E-state index in [0.717, 1.165) is 11.3 Å². The van der Waals surface area contributed by atoms with Crippen molar-refractivity contribution in [3.8, 4) is 0 Å². The van der Waals surface area contributed by atoms with E-state index in [1.165, 1.54) is 0 Å². The van der Waals surface area contributed by atoms with E-state index in [1.54, 1.807) is 36.4 Å². The van der Waals surface area contributed by atoms with Gasteiger partial charge >= 0.3 is 0 Å². The smallest absolute Gasteiger partial charge is 0.256 e. The van der Waals surface area contributed by atoms with E-state index >= 15 is 0 Å². The molecule has 0 spiro atoms. The highest BCUT2D eigenvalue weighted by molar-refractivity contribution is 6.31. The number of hydrogen-bond donors (Lipinski definition) is 2. The molecule has 0 bridgehead atoms. The molecule has 0 saturated carbocycles. The van der Waals surface area contributed by atoms with E-state index < -0.39 is 0 Å². The SMILES string of the molecule is Cc1ccccc1Nc1ccc(NC(=O)c2cccc(Cl)c2)nn1. The molecule has 5 nitrogen and oxygen atoms in total. The molecule has 0 aliphatic carbocycles. The van der Waals surface area contributed by atoms with Crippen LogP contribution >= 0.6 is 11.6 Å². The van der Waals surface area contributed by atoms with Gasteiger partial charge in [-0.1, -0.05) is 35.9 Å². The van der Waals surface area contributed by atoms with Crippen LogP contribution in [0.3, 0.4) is 0 Å². The maximum absolute atomic E-state index is 12.1. The molecule has 0 radical (unpaired) electrons. The maximum atomic E-state index is 12.1. The van der Waals surface area contributed by atoms with Gasteiger partial charge in [0.25, 0.3) is 5.91 Å². The Balaban J connectivity index is 1.68. The van der Waals surface area contributed by atoms with Gasteiger partial charge in [-0.2, -0.15) is 0 Å². The van der Waals surface area contributed by atoms with Gasteiger partial charge in [-0.3, -0.25) is 4.79 Å². The summed E-state index contributed by atoms with van der Waals surface area (Å²) in [5, 5.41) is 14.5. The molecule has 1 heterocycles. The van der Waals surface area contributed by atoms with Crippen molar-refractivity contribution in [1.82, 2.24) is 10.2 Å². The molecule has 120 valence electrons. The van der Waals surface area contributed by atoms with Crippen LogP contribution in [0.15, 0.2) is 60.7 Å². The first kappa shape index (κ1) is 16.0. The van der Waals surface area contributed by atoms with Gasteiger partial charge in [-0.25, -0.2) is 0 Å². The summed E-state index contributed by atoms with van der Waals surface area (Å²) in [5.41, 5.74) is 2.53. The predicted molar refractivity (Wildman–Crippen MR) is 95.9 cm³/mol. The van der Waals surface area contributed by atoms with Crippen molar-refractivity contribution in [2.75, 3.05) is 10.6 Å². The number of amides is 1. The number of carbonyl (C=O) groups excluding carboxylic acids is 1. The zero-order valence-corrected chi connectivity index (χ0v) is 13.7. The summed E-state index contributed by atoms with van der Waals surface area (Å²) < 4.78 is 0. The summed E-state index contributed by atoms with van der Waals surface area (Å²) in [7, 11) is 0.